The van der Waals surface area contributed by atoms with Gasteiger partial charge < -0.3 is 20.6 Å². The molecule has 0 atom stereocenters. The Bertz CT molecular complexity index is 1600. The summed E-state index contributed by atoms with van der Waals surface area (Å²) in [6.07, 6.45) is 5.32. The standard InChI is InChI=1S/C27H31N9O5S/c1-2-42(40,41)35-17-27(18-35,10-11-28)36-16-20(15-30-36)23-7-12-29-25(33-23)32-21-5-3-19(4-6-21)24(37)31-22-8-13-34(14-9-22)26(38)39/h3-7,12,15-16,22H,2,8-10,13-14,17-18H2,1H3,(H,31,37)(H,38,39)(H,29,32,33). The molecular formula is C27H31N9O5S. The van der Waals surface area contributed by atoms with E-state index in [0.29, 0.717) is 54.4 Å². The zero-order valence-electron chi connectivity index (χ0n) is 23.0. The maximum Gasteiger partial charge on any atom is 0.407 e. The molecule has 2 fully saturated rings. The number of nitriles is 1. The normalized spacial score (nSPS) is 17.2. The van der Waals surface area contributed by atoms with Gasteiger partial charge in [-0.2, -0.15) is 14.7 Å². The monoisotopic (exact) mass is 593 g/mol. The summed E-state index contributed by atoms with van der Waals surface area (Å²) in [5, 5.41) is 29.0. The van der Waals surface area contributed by atoms with Gasteiger partial charge in [-0.05, 0) is 50.1 Å². The highest BCUT2D eigenvalue weighted by Gasteiger charge is 2.49. The smallest absolute Gasteiger partial charge is 0.407 e. The molecule has 0 aliphatic carbocycles. The van der Waals surface area contributed by atoms with Crippen LogP contribution in [0.3, 0.4) is 0 Å². The summed E-state index contributed by atoms with van der Waals surface area (Å²) in [5.74, 6) is 0.113. The largest absolute Gasteiger partial charge is 0.465 e. The number of sulfonamides is 1. The Balaban J connectivity index is 1.21. The van der Waals surface area contributed by atoms with Gasteiger partial charge in [0.05, 0.1) is 30.1 Å². The van der Waals surface area contributed by atoms with Crippen molar-refractivity contribution in [3.63, 3.8) is 0 Å². The molecule has 3 N–H and O–H groups in total. The maximum absolute atomic E-state index is 12.7. The van der Waals surface area contributed by atoms with Crippen molar-refractivity contribution < 1.29 is 23.1 Å². The Hall–Kier alpha value is -4.55. The minimum absolute atomic E-state index is 0.00221. The zero-order valence-corrected chi connectivity index (χ0v) is 23.8. The van der Waals surface area contributed by atoms with Crippen LogP contribution in [0.5, 0.6) is 0 Å². The fourth-order valence-corrected chi connectivity index (χ4v) is 6.33. The molecular weight excluding hydrogens is 562 g/mol. The predicted octanol–water partition coefficient (Wildman–Crippen LogP) is 2.23. The molecule has 0 saturated carbocycles. The number of nitrogens with zero attached hydrogens (tertiary/aromatic N) is 7. The fourth-order valence-electron chi connectivity index (χ4n) is 5.09. The van der Waals surface area contributed by atoms with Crippen molar-refractivity contribution in [3.8, 4) is 17.3 Å². The number of hydrogen-bond donors (Lipinski definition) is 3. The van der Waals surface area contributed by atoms with Crippen LogP contribution in [-0.4, -0.2) is 92.5 Å². The molecule has 2 aliphatic rings. The number of benzene rings is 1. The molecule has 4 heterocycles. The van der Waals surface area contributed by atoms with Crippen molar-refractivity contribution in [2.75, 3.05) is 37.2 Å². The fraction of sp³-hybridized carbons (Fsp3) is 0.407. The molecule has 2 aromatic heterocycles. The summed E-state index contributed by atoms with van der Waals surface area (Å²) in [6.45, 7) is 2.75. The van der Waals surface area contributed by atoms with Crippen LogP contribution in [0, 0.1) is 11.3 Å². The summed E-state index contributed by atoms with van der Waals surface area (Å²) < 4.78 is 27.5. The summed E-state index contributed by atoms with van der Waals surface area (Å²) in [5.41, 5.74) is 1.71. The van der Waals surface area contributed by atoms with E-state index in [1.807, 2.05) is 0 Å². The van der Waals surface area contributed by atoms with E-state index in [2.05, 4.69) is 31.8 Å². The SMILES string of the molecule is CCS(=O)(=O)N1CC(CC#N)(n2cc(-c3ccnc(Nc4ccc(C(=O)NC5CCN(C(=O)O)CC5)cc4)n3)cn2)C1. The molecule has 0 radical (unpaired) electrons. The van der Waals surface area contributed by atoms with Crippen LogP contribution in [0.2, 0.25) is 0 Å². The second-order valence-corrected chi connectivity index (χ2v) is 12.6. The molecule has 15 heteroatoms. The predicted molar refractivity (Wildman–Crippen MR) is 152 cm³/mol. The number of rotatable bonds is 9. The Morgan fingerprint density at radius 3 is 2.52 bits per heavy atom. The summed E-state index contributed by atoms with van der Waals surface area (Å²) in [6, 6.07) is 10.7. The van der Waals surface area contributed by atoms with Gasteiger partial charge >= 0.3 is 6.09 Å². The first-order chi connectivity index (χ1) is 20.1. The van der Waals surface area contributed by atoms with E-state index in [1.165, 1.54) is 9.21 Å². The molecule has 1 aromatic carbocycles. The van der Waals surface area contributed by atoms with E-state index in [4.69, 9.17) is 5.11 Å². The molecule has 0 bridgehead atoms. The van der Waals surface area contributed by atoms with E-state index < -0.39 is 21.7 Å². The van der Waals surface area contributed by atoms with E-state index in [-0.39, 0.29) is 37.2 Å². The van der Waals surface area contributed by atoms with Gasteiger partial charge in [-0.1, -0.05) is 0 Å². The number of amides is 2. The molecule has 0 spiro atoms. The van der Waals surface area contributed by atoms with Crippen LogP contribution < -0.4 is 10.6 Å². The number of aromatic nitrogens is 4. The lowest BCUT2D eigenvalue weighted by Gasteiger charge is -2.47. The van der Waals surface area contributed by atoms with Crippen molar-refractivity contribution in [3.05, 3.63) is 54.5 Å². The van der Waals surface area contributed by atoms with Crippen LogP contribution in [0.15, 0.2) is 48.9 Å². The maximum atomic E-state index is 12.7. The number of hydrogen-bond acceptors (Lipinski definition) is 9. The summed E-state index contributed by atoms with van der Waals surface area (Å²) >= 11 is 0. The molecule has 5 rings (SSSR count). The Labute approximate surface area is 243 Å². The van der Waals surface area contributed by atoms with Gasteiger partial charge in [0.2, 0.25) is 16.0 Å². The van der Waals surface area contributed by atoms with Gasteiger partial charge in [-0.3, -0.25) is 9.48 Å². The highest BCUT2D eigenvalue weighted by molar-refractivity contribution is 7.89. The Kier molecular flexibility index (Phi) is 8.10. The number of carboxylic acid groups (broad SMARTS) is 1. The third-order valence-corrected chi connectivity index (χ3v) is 9.41. The van der Waals surface area contributed by atoms with Crippen LogP contribution in [-0.2, 0) is 15.6 Å². The molecule has 2 saturated heterocycles. The number of anilines is 2. The first-order valence-corrected chi connectivity index (χ1v) is 15.1. The van der Waals surface area contributed by atoms with Crippen molar-refractivity contribution in [1.29, 1.82) is 5.26 Å². The third kappa shape index (κ3) is 6.04. The van der Waals surface area contributed by atoms with Crippen molar-refractivity contribution >= 4 is 33.7 Å². The highest BCUT2D eigenvalue weighted by Crippen LogP contribution is 2.35. The second-order valence-electron chi connectivity index (χ2n) is 10.4. The Morgan fingerprint density at radius 2 is 1.88 bits per heavy atom. The lowest BCUT2D eigenvalue weighted by Crippen LogP contribution is -2.64. The van der Waals surface area contributed by atoms with Gasteiger partial charge in [0.25, 0.3) is 5.91 Å². The minimum Gasteiger partial charge on any atom is -0.465 e. The van der Waals surface area contributed by atoms with Crippen molar-refractivity contribution in [1.82, 2.24) is 34.3 Å². The lowest BCUT2D eigenvalue weighted by atomic mass is 9.89. The van der Waals surface area contributed by atoms with Gasteiger partial charge in [0.1, 0.15) is 5.54 Å². The van der Waals surface area contributed by atoms with Gasteiger partial charge in [0, 0.05) is 61.4 Å². The van der Waals surface area contributed by atoms with Crippen LogP contribution >= 0.6 is 0 Å². The Morgan fingerprint density at radius 1 is 1.17 bits per heavy atom. The molecule has 220 valence electrons. The number of likely N-dealkylation sites (tertiary alicyclic amines) is 1. The molecule has 14 nitrogen and oxygen atoms in total. The van der Waals surface area contributed by atoms with Gasteiger partial charge in [-0.15, -0.1) is 0 Å². The number of carbonyl (C=O) groups excluding carboxylic acids is 1. The van der Waals surface area contributed by atoms with Crippen molar-refractivity contribution in [2.45, 2.75) is 37.8 Å². The first kappa shape index (κ1) is 29.0. The number of nitrogens with one attached hydrogen (secondary N) is 2. The number of piperidine rings is 1. The quantitative estimate of drug-likeness (QED) is 0.332. The summed E-state index contributed by atoms with van der Waals surface area (Å²) in [4.78, 5) is 33.9. The molecule has 3 aromatic rings. The zero-order chi connectivity index (χ0) is 29.9. The highest BCUT2D eigenvalue weighted by atomic mass is 32.2. The molecule has 2 amide bonds. The van der Waals surface area contributed by atoms with Crippen LogP contribution in [0.1, 0.15) is 36.5 Å². The average Bonchev–Trinajstić information content (AvgIpc) is 3.46. The van der Waals surface area contributed by atoms with E-state index in [1.54, 1.807) is 60.5 Å². The average molecular weight is 594 g/mol. The molecule has 42 heavy (non-hydrogen) atoms. The third-order valence-electron chi connectivity index (χ3n) is 7.63. The molecule has 2 aliphatic heterocycles. The van der Waals surface area contributed by atoms with E-state index in [9.17, 15) is 23.3 Å². The topological polar surface area (TPSA) is 186 Å². The van der Waals surface area contributed by atoms with E-state index in [0.717, 1.165) is 0 Å². The second kappa shape index (κ2) is 11.7. The van der Waals surface area contributed by atoms with Crippen molar-refractivity contribution in [2.24, 2.45) is 0 Å². The van der Waals surface area contributed by atoms with Crippen LogP contribution in [0.25, 0.3) is 11.3 Å². The number of carbonyl (C=O) groups is 2. The first-order valence-electron chi connectivity index (χ1n) is 13.5. The minimum atomic E-state index is -3.35. The van der Waals surface area contributed by atoms with Gasteiger partial charge in [-0.25, -0.2) is 23.2 Å². The lowest BCUT2D eigenvalue weighted by molar-refractivity contribution is 0.0719. The van der Waals surface area contributed by atoms with Gasteiger partial charge in [0.15, 0.2) is 0 Å². The van der Waals surface area contributed by atoms with E-state index >= 15 is 0 Å². The van der Waals surface area contributed by atoms with Crippen LogP contribution in [0.4, 0.5) is 16.4 Å². The molecule has 0 unspecified atom stereocenters. The summed E-state index contributed by atoms with van der Waals surface area (Å²) in [7, 11) is -3.35.